The van der Waals surface area contributed by atoms with Crippen molar-refractivity contribution in [1.29, 1.82) is 0 Å². The van der Waals surface area contributed by atoms with E-state index in [0.717, 1.165) is 66.2 Å². The highest BCUT2D eigenvalue weighted by molar-refractivity contribution is 5.97. The molecule has 0 radical (unpaired) electrons. The Balaban J connectivity index is 1.80. The number of carbonyl (C=O) groups excluding carboxylic acids is 11. The minimum atomic E-state index is -2.38. The summed E-state index contributed by atoms with van der Waals surface area (Å²) in [4.78, 5) is 148. The molecule has 474 valence electrons. The van der Waals surface area contributed by atoms with Gasteiger partial charge < -0.3 is 121 Å². The molecule has 0 aliphatic carbocycles. The van der Waals surface area contributed by atoms with Crippen molar-refractivity contribution in [3.8, 4) is 11.5 Å². The molecular formula is C52H68N12O23. The van der Waals surface area contributed by atoms with Crippen molar-refractivity contribution in [2.45, 2.75) is 66.9 Å². The molecule has 2 aliphatic heterocycles. The monoisotopic (exact) mass is 1230 g/mol. The fourth-order valence-electron chi connectivity index (χ4n) is 8.99. The fourth-order valence-corrected chi connectivity index (χ4v) is 8.99. The van der Waals surface area contributed by atoms with Crippen molar-refractivity contribution >= 4 is 77.9 Å². The minimum absolute atomic E-state index is 0.00480. The Kier molecular flexibility index (Phi) is 23.1. The van der Waals surface area contributed by atoms with Crippen LogP contribution in [0.15, 0.2) is 60.7 Å². The SMILES string of the molecule is CNC(=O)OC(C(O)C(=O)NC)C(OC(=O)NC)C(OC(=O)NC)C(OC(=O)NC)N(C)c1ccc2c(c1)Oc1cc(N(C)C(OC(=O)NC)C(OC(=O)NC)C(OC(=O)NC)C(OC(=O)NC)C(O)C(=O)NC)ccc1C21OC(=O)c2ccccc21. The number of likely N-dealkylation sites (N-methyl/N-ethyl adjacent to an activating group) is 4. The van der Waals surface area contributed by atoms with E-state index in [1.807, 2.05) is 0 Å². The molecular weight excluding hydrogens is 1160 g/mol. The van der Waals surface area contributed by atoms with Crippen molar-refractivity contribution in [3.63, 3.8) is 0 Å². The van der Waals surface area contributed by atoms with E-state index in [4.69, 9.17) is 47.4 Å². The van der Waals surface area contributed by atoms with Crippen LogP contribution in [0.3, 0.4) is 0 Å². The van der Waals surface area contributed by atoms with Gasteiger partial charge in [0.05, 0.1) is 5.56 Å². The molecule has 2 heterocycles. The molecule has 1 spiro atoms. The number of ether oxygens (including phenoxy) is 10. The van der Waals surface area contributed by atoms with Gasteiger partial charge in [-0.15, -0.1) is 0 Å². The first kappa shape index (κ1) is 67.3. The maximum atomic E-state index is 14.0. The number of hydrogen-bond acceptors (Lipinski definition) is 25. The number of nitrogens with one attached hydrogen (secondary N) is 10. The molecule has 10 amide bonds. The van der Waals surface area contributed by atoms with Crippen LogP contribution in [-0.2, 0) is 57.8 Å². The third kappa shape index (κ3) is 14.9. The molecule has 12 N–H and O–H groups in total. The maximum Gasteiger partial charge on any atom is 0.408 e. The number of aliphatic hydroxyl groups excluding tert-OH is 2. The van der Waals surface area contributed by atoms with E-state index in [9.17, 15) is 63.0 Å². The van der Waals surface area contributed by atoms with Crippen LogP contribution in [0.4, 0.5) is 49.7 Å². The van der Waals surface area contributed by atoms with Crippen molar-refractivity contribution in [2.75, 3.05) is 94.4 Å². The molecule has 2 aliphatic rings. The second kappa shape index (κ2) is 29.9. The minimum Gasteiger partial charge on any atom is -0.456 e. The predicted molar refractivity (Wildman–Crippen MR) is 296 cm³/mol. The number of carbonyl (C=O) groups is 11. The lowest BCUT2D eigenvalue weighted by Crippen LogP contribution is -2.62. The quantitative estimate of drug-likeness (QED) is 0.0328. The van der Waals surface area contributed by atoms with Gasteiger partial charge in [-0.2, -0.15) is 0 Å². The molecule has 35 heteroatoms. The first-order valence-electron chi connectivity index (χ1n) is 26.0. The smallest absolute Gasteiger partial charge is 0.408 e. The van der Waals surface area contributed by atoms with E-state index in [1.165, 1.54) is 70.7 Å². The van der Waals surface area contributed by atoms with Crippen LogP contribution in [0.1, 0.15) is 27.0 Å². The largest absolute Gasteiger partial charge is 0.456 e. The maximum absolute atomic E-state index is 14.0. The summed E-state index contributed by atoms with van der Waals surface area (Å²) in [6.45, 7) is 0. The van der Waals surface area contributed by atoms with Gasteiger partial charge in [-0.05, 0) is 30.3 Å². The normalized spacial score (nSPS) is 16.6. The number of esters is 1. The molecule has 0 bridgehead atoms. The van der Waals surface area contributed by atoms with Crippen molar-refractivity contribution in [1.82, 2.24) is 53.2 Å². The average molecular weight is 1230 g/mol. The zero-order valence-electron chi connectivity index (χ0n) is 48.9. The molecule has 0 saturated carbocycles. The Morgan fingerprint density at radius 2 is 0.724 bits per heavy atom. The lowest BCUT2D eigenvalue weighted by Gasteiger charge is -2.41. The number of nitrogens with zero attached hydrogens (tertiary/aromatic N) is 2. The van der Waals surface area contributed by atoms with Crippen LogP contribution >= 0.6 is 0 Å². The number of amides is 10. The predicted octanol–water partition coefficient (Wildman–Crippen LogP) is -0.947. The number of aliphatic hydroxyl groups is 2. The topological polar surface area (TPSA) is 447 Å². The molecule has 3 aromatic rings. The van der Waals surface area contributed by atoms with E-state index in [2.05, 4.69) is 53.2 Å². The van der Waals surface area contributed by atoms with Gasteiger partial charge in [0.1, 0.15) is 11.5 Å². The van der Waals surface area contributed by atoms with Crippen LogP contribution in [0, 0.1) is 0 Å². The zero-order valence-corrected chi connectivity index (χ0v) is 48.9. The van der Waals surface area contributed by atoms with E-state index >= 15 is 0 Å². The summed E-state index contributed by atoms with van der Waals surface area (Å²) in [5.74, 6) is -3.36. The van der Waals surface area contributed by atoms with Gasteiger partial charge in [0.15, 0.2) is 42.2 Å². The Bertz CT molecular complexity index is 2900. The van der Waals surface area contributed by atoms with Crippen LogP contribution in [0.5, 0.6) is 11.5 Å². The molecule has 10 unspecified atom stereocenters. The van der Waals surface area contributed by atoms with Gasteiger partial charge in [-0.3, -0.25) is 9.59 Å². The first-order chi connectivity index (χ1) is 41.4. The third-order valence-electron chi connectivity index (χ3n) is 13.3. The highest BCUT2D eigenvalue weighted by Gasteiger charge is 2.56. The Labute approximate surface area is 495 Å². The summed E-state index contributed by atoms with van der Waals surface area (Å²) in [6.07, 6.45) is -32.2. The van der Waals surface area contributed by atoms with Gasteiger partial charge >= 0.3 is 54.7 Å². The third-order valence-corrected chi connectivity index (χ3v) is 13.3. The molecule has 0 fully saturated rings. The Morgan fingerprint density at radius 1 is 0.414 bits per heavy atom. The summed E-state index contributed by atoms with van der Waals surface area (Å²) >= 11 is 0. The lowest BCUT2D eigenvalue weighted by molar-refractivity contribution is -0.155. The number of anilines is 2. The zero-order chi connectivity index (χ0) is 64.6. The lowest BCUT2D eigenvalue weighted by atomic mass is 9.77. The van der Waals surface area contributed by atoms with Gasteiger partial charge in [0.25, 0.3) is 11.8 Å². The first-order valence-corrected chi connectivity index (χ1v) is 26.0. The van der Waals surface area contributed by atoms with Crippen molar-refractivity contribution in [2.24, 2.45) is 0 Å². The van der Waals surface area contributed by atoms with Crippen molar-refractivity contribution < 1.29 is 110 Å². The standard InChI is InChI=1S/C52H68N12O23/c1-53-39(67)31(65)33(79-44(70)55-3)35(81-46(72)57-5)37(83-48(74)59-7)41(85-50(76)61-9)63(11)23-17-19-27-29(21-23)78-30-22-24(18-20-28(30)52(27)26-16-14-13-15-25(26)43(69)87-52)64(12)42(86-51(77)62-10)38(84-49(75)60-8)36(82-47(73)58-6)34(80-45(71)56-4)32(66)40(68)54-2/h13-22,31-38,41-42,65-66H,1-12H3,(H,53,67)(H,54,68)(H,55,70)(H,56,71)(H,57,72)(H,58,73)(H,59,74)(H,60,75)(H,61,76)(H,62,77). The Morgan fingerprint density at radius 3 is 1.06 bits per heavy atom. The highest BCUT2D eigenvalue weighted by atomic mass is 16.7. The summed E-state index contributed by atoms with van der Waals surface area (Å²) in [5.41, 5.74) is -1.09. The number of hydrogen-bond donors (Lipinski definition) is 12. The van der Waals surface area contributed by atoms with Crippen LogP contribution in [0.25, 0.3) is 0 Å². The fraction of sp³-hybridized carbons (Fsp3) is 0.442. The second-order valence-electron chi connectivity index (χ2n) is 18.2. The molecule has 5 rings (SSSR count). The molecule has 10 atom stereocenters. The van der Waals surface area contributed by atoms with Crippen LogP contribution in [-0.4, -0.2) is 223 Å². The average Bonchev–Trinajstić information content (AvgIpc) is 1.84. The van der Waals surface area contributed by atoms with Crippen LogP contribution < -0.4 is 67.7 Å². The summed E-state index contributed by atoms with van der Waals surface area (Å²) < 4.78 is 58.2. The van der Waals surface area contributed by atoms with Gasteiger partial charge in [0, 0.05) is 125 Å². The Hall–Kier alpha value is -10.5. The van der Waals surface area contributed by atoms with E-state index < -0.39 is 133 Å². The van der Waals surface area contributed by atoms with E-state index in [0.29, 0.717) is 5.56 Å². The number of rotatable bonds is 22. The van der Waals surface area contributed by atoms with Gasteiger partial charge in [0.2, 0.25) is 24.7 Å². The number of benzene rings is 3. The van der Waals surface area contributed by atoms with E-state index in [1.54, 1.807) is 18.2 Å². The van der Waals surface area contributed by atoms with Crippen LogP contribution in [0.2, 0.25) is 0 Å². The summed E-state index contributed by atoms with van der Waals surface area (Å²) in [7, 11) is 14.0. The number of alkyl carbamates (subject to hydrolysis) is 8. The molecule has 87 heavy (non-hydrogen) atoms. The van der Waals surface area contributed by atoms with Crippen molar-refractivity contribution in [3.05, 3.63) is 82.9 Å². The number of fused-ring (bicyclic) bond motifs is 6. The molecule has 3 aromatic carbocycles. The van der Waals surface area contributed by atoms with Gasteiger partial charge in [-0.1, -0.05) is 18.2 Å². The van der Waals surface area contributed by atoms with Gasteiger partial charge in [-0.25, -0.2) is 43.2 Å². The molecule has 35 nitrogen and oxygen atoms in total. The highest BCUT2D eigenvalue weighted by Crippen LogP contribution is 2.57. The summed E-state index contributed by atoms with van der Waals surface area (Å²) in [5, 5.41) is 44.7. The molecule has 0 saturated heterocycles. The summed E-state index contributed by atoms with van der Waals surface area (Å²) in [6, 6.07) is 14.9. The van der Waals surface area contributed by atoms with E-state index in [-0.39, 0.29) is 39.6 Å². The molecule has 0 aromatic heterocycles. The second-order valence-corrected chi connectivity index (χ2v) is 18.2.